The van der Waals surface area contributed by atoms with E-state index in [-0.39, 0.29) is 5.56 Å². The van der Waals surface area contributed by atoms with E-state index in [1.165, 1.54) is 19.1 Å². The van der Waals surface area contributed by atoms with Crippen LogP contribution < -0.4 is 8.92 Å². The van der Waals surface area contributed by atoms with Crippen LogP contribution in [0.1, 0.15) is 42.9 Å². The van der Waals surface area contributed by atoms with Crippen molar-refractivity contribution >= 4 is 10.1 Å². The van der Waals surface area contributed by atoms with Crippen molar-refractivity contribution in [2.24, 2.45) is 0 Å². The van der Waals surface area contributed by atoms with Crippen molar-refractivity contribution in [2.45, 2.75) is 38.6 Å². The average Bonchev–Trinajstić information content (AvgIpc) is 2.65. The molecule has 0 saturated heterocycles. The normalized spacial score (nSPS) is 11.5. The van der Waals surface area contributed by atoms with Crippen LogP contribution in [0.2, 0.25) is 0 Å². The maximum Gasteiger partial charge on any atom is 0.534 e. The van der Waals surface area contributed by atoms with Gasteiger partial charge in [0.25, 0.3) is 0 Å². The summed E-state index contributed by atoms with van der Waals surface area (Å²) in [6, 6.07) is 11.3. The molecular formula is C21H21F3O4S. The number of unbranched alkanes of at least 4 members (excludes halogenated alkanes) is 2. The minimum Gasteiger partial charge on any atom is -0.494 e. The first kappa shape index (κ1) is 22.6. The van der Waals surface area contributed by atoms with Gasteiger partial charge >= 0.3 is 15.6 Å². The molecule has 0 aliphatic carbocycles. The number of ether oxygens (including phenoxy) is 1. The van der Waals surface area contributed by atoms with Crippen molar-refractivity contribution in [2.75, 3.05) is 6.61 Å². The van der Waals surface area contributed by atoms with Crippen molar-refractivity contribution in [1.29, 1.82) is 0 Å². The number of hydrogen-bond acceptors (Lipinski definition) is 4. The third-order valence-electron chi connectivity index (χ3n) is 3.88. The molecule has 0 amide bonds. The maximum atomic E-state index is 12.4. The van der Waals surface area contributed by atoms with Gasteiger partial charge < -0.3 is 8.92 Å². The fraction of sp³-hybridized carbons (Fsp3) is 0.333. The van der Waals surface area contributed by atoms with Crippen molar-refractivity contribution < 1.29 is 30.5 Å². The van der Waals surface area contributed by atoms with Crippen LogP contribution in [0.25, 0.3) is 0 Å². The van der Waals surface area contributed by atoms with Gasteiger partial charge in [-0.3, -0.25) is 0 Å². The van der Waals surface area contributed by atoms with Gasteiger partial charge in [0.2, 0.25) is 0 Å². The van der Waals surface area contributed by atoms with Gasteiger partial charge in [-0.25, -0.2) is 0 Å². The zero-order valence-electron chi connectivity index (χ0n) is 16.0. The number of hydrogen-bond donors (Lipinski definition) is 0. The Bertz CT molecular complexity index is 985. The minimum atomic E-state index is -5.70. The predicted molar refractivity (Wildman–Crippen MR) is 104 cm³/mol. The highest BCUT2D eigenvalue weighted by molar-refractivity contribution is 7.88. The third kappa shape index (κ3) is 6.71. The molecule has 156 valence electrons. The van der Waals surface area contributed by atoms with Crippen LogP contribution >= 0.6 is 0 Å². The SMILES string of the molecule is CCCCCOc1ccc(C#Cc2ccc(OS(=O)(=O)C(F)(F)F)c(C)c2)cc1. The van der Waals surface area contributed by atoms with Gasteiger partial charge in [-0.1, -0.05) is 31.6 Å². The second kappa shape index (κ2) is 9.70. The minimum absolute atomic E-state index is 0.223. The smallest absolute Gasteiger partial charge is 0.494 e. The lowest BCUT2D eigenvalue weighted by atomic mass is 10.1. The Balaban J connectivity index is 2.05. The topological polar surface area (TPSA) is 52.6 Å². The van der Waals surface area contributed by atoms with E-state index in [0.29, 0.717) is 12.2 Å². The third-order valence-corrected chi connectivity index (χ3v) is 4.85. The van der Waals surface area contributed by atoms with Gasteiger partial charge in [0.05, 0.1) is 6.61 Å². The molecule has 2 aromatic rings. The molecule has 0 radical (unpaired) electrons. The Labute approximate surface area is 168 Å². The first-order valence-corrected chi connectivity index (χ1v) is 10.4. The van der Waals surface area contributed by atoms with Gasteiger partial charge in [-0.15, -0.1) is 0 Å². The lowest BCUT2D eigenvalue weighted by molar-refractivity contribution is -0.0500. The zero-order valence-corrected chi connectivity index (χ0v) is 16.9. The predicted octanol–water partition coefficient (Wildman–Crippen LogP) is 5.19. The summed E-state index contributed by atoms with van der Waals surface area (Å²) >= 11 is 0. The highest BCUT2D eigenvalue weighted by Gasteiger charge is 2.48. The quantitative estimate of drug-likeness (QED) is 0.265. The van der Waals surface area contributed by atoms with E-state index in [1.54, 1.807) is 0 Å². The number of alkyl halides is 3. The van der Waals surface area contributed by atoms with Crippen LogP contribution in [0.4, 0.5) is 13.2 Å². The second-order valence-corrected chi connectivity index (χ2v) is 7.83. The highest BCUT2D eigenvalue weighted by atomic mass is 32.2. The van der Waals surface area contributed by atoms with Crippen molar-refractivity contribution in [3.63, 3.8) is 0 Å². The molecule has 0 unspecified atom stereocenters. The number of aryl methyl sites for hydroxylation is 1. The van der Waals surface area contributed by atoms with E-state index in [4.69, 9.17) is 4.74 Å². The van der Waals surface area contributed by atoms with Crippen LogP contribution in [-0.2, 0) is 10.1 Å². The number of rotatable bonds is 7. The van der Waals surface area contributed by atoms with E-state index in [2.05, 4.69) is 22.9 Å². The Kier molecular flexibility index (Phi) is 7.57. The molecule has 0 saturated carbocycles. The summed E-state index contributed by atoms with van der Waals surface area (Å²) in [4.78, 5) is 0. The summed E-state index contributed by atoms with van der Waals surface area (Å²) in [7, 11) is -5.70. The summed E-state index contributed by atoms with van der Waals surface area (Å²) in [5.74, 6) is 6.19. The van der Waals surface area contributed by atoms with Gasteiger partial charge in [0.15, 0.2) is 0 Å². The Morgan fingerprint density at radius 1 is 0.966 bits per heavy atom. The van der Waals surface area contributed by atoms with Crippen LogP contribution in [0.15, 0.2) is 42.5 Å². The molecule has 8 heteroatoms. The van der Waals surface area contributed by atoms with Gasteiger partial charge in [-0.2, -0.15) is 21.6 Å². The lowest BCUT2D eigenvalue weighted by Crippen LogP contribution is -2.28. The van der Waals surface area contributed by atoms with E-state index in [0.717, 1.165) is 36.6 Å². The Morgan fingerprint density at radius 3 is 2.17 bits per heavy atom. The summed E-state index contributed by atoms with van der Waals surface area (Å²) in [6.07, 6.45) is 3.25. The highest BCUT2D eigenvalue weighted by Crippen LogP contribution is 2.29. The Morgan fingerprint density at radius 2 is 1.59 bits per heavy atom. The van der Waals surface area contributed by atoms with E-state index >= 15 is 0 Å². The van der Waals surface area contributed by atoms with Crippen LogP contribution in [-0.4, -0.2) is 20.5 Å². The molecule has 0 spiro atoms. The van der Waals surface area contributed by atoms with Gasteiger partial charge in [0.1, 0.15) is 11.5 Å². The summed E-state index contributed by atoms with van der Waals surface area (Å²) in [6.45, 7) is 4.23. The van der Waals surface area contributed by atoms with Gasteiger partial charge in [-0.05, 0) is 61.4 Å². The second-order valence-electron chi connectivity index (χ2n) is 6.29. The first-order chi connectivity index (χ1) is 13.6. The molecule has 0 aliphatic rings. The lowest BCUT2D eigenvalue weighted by Gasteiger charge is -2.11. The summed E-state index contributed by atoms with van der Waals surface area (Å²) in [5, 5.41) is 0. The molecule has 2 aromatic carbocycles. The summed E-state index contributed by atoms with van der Waals surface area (Å²) in [5.41, 5.74) is -4.01. The van der Waals surface area contributed by atoms with Crippen molar-refractivity contribution in [3.8, 4) is 23.3 Å². The van der Waals surface area contributed by atoms with E-state index in [1.807, 2.05) is 24.3 Å². The fourth-order valence-electron chi connectivity index (χ4n) is 2.31. The average molecular weight is 426 g/mol. The first-order valence-electron chi connectivity index (χ1n) is 8.98. The molecule has 0 aromatic heterocycles. The molecule has 0 bridgehead atoms. The summed E-state index contributed by atoms with van der Waals surface area (Å²) < 4.78 is 69.3. The van der Waals surface area contributed by atoms with Gasteiger partial charge in [0, 0.05) is 11.1 Å². The number of halogens is 3. The molecule has 0 atom stereocenters. The molecule has 4 nitrogen and oxygen atoms in total. The fourth-order valence-corrected chi connectivity index (χ4v) is 2.82. The van der Waals surface area contributed by atoms with Crippen LogP contribution in [0.5, 0.6) is 11.5 Å². The molecule has 2 rings (SSSR count). The molecule has 0 heterocycles. The zero-order chi connectivity index (χ0) is 21.5. The number of benzene rings is 2. The van der Waals surface area contributed by atoms with E-state index < -0.39 is 21.4 Å². The van der Waals surface area contributed by atoms with Crippen LogP contribution in [0.3, 0.4) is 0 Å². The molecule has 0 fully saturated rings. The Hall–Kier alpha value is -2.66. The van der Waals surface area contributed by atoms with E-state index in [9.17, 15) is 21.6 Å². The standard InChI is InChI=1S/C21H21F3O4S/c1-3-4-5-14-27-19-11-8-17(9-12-19)6-7-18-10-13-20(16(2)15-18)28-29(25,26)21(22,23)24/h8-13,15H,3-5,14H2,1-2H3. The molecular weight excluding hydrogens is 405 g/mol. The molecule has 0 N–H and O–H groups in total. The monoisotopic (exact) mass is 426 g/mol. The molecule has 29 heavy (non-hydrogen) atoms. The molecule has 0 aliphatic heterocycles. The van der Waals surface area contributed by atoms with Crippen molar-refractivity contribution in [1.82, 2.24) is 0 Å². The maximum absolute atomic E-state index is 12.4. The van der Waals surface area contributed by atoms with Crippen LogP contribution in [0, 0.1) is 18.8 Å². The largest absolute Gasteiger partial charge is 0.534 e. The van der Waals surface area contributed by atoms with Crippen molar-refractivity contribution in [3.05, 3.63) is 59.2 Å².